The Balaban J connectivity index is 1.44. The number of aromatic nitrogens is 4. The van der Waals surface area contributed by atoms with Gasteiger partial charge in [0, 0.05) is 25.2 Å². The Morgan fingerprint density at radius 2 is 2.03 bits per heavy atom. The van der Waals surface area contributed by atoms with Gasteiger partial charge in [-0.2, -0.15) is 5.10 Å². The summed E-state index contributed by atoms with van der Waals surface area (Å²) in [7, 11) is 1.70. The molecule has 0 spiro atoms. The van der Waals surface area contributed by atoms with Crippen molar-refractivity contribution in [3.05, 3.63) is 58.8 Å². The zero-order valence-electron chi connectivity index (χ0n) is 15.9. The van der Waals surface area contributed by atoms with Crippen LogP contribution in [0.15, 0.2) is 47.7 Å². The molecule has 1 amide bonds. The molecule has 29 heavy (non-hydrogen) atoms. The topological polar surface area (TPSA) is 108 Å². The van der Waals surface area contributed by atoms with Crippen LogP contribution in [-0.4, -0.2) is 37.2 Å². The lowest BCUT2D eigenvalue weighted by Crippen LogP contribution is -2.33. The number of nitrogens with one attached hydrogen (secondary N) is 1. The fourth-order valence-corrected chi connectivity index (χ4v) is 3.03. The zero-order chi connectivity index (χ0) is 20.4. The molecule has 0 saturated heterocycles. The third kappa shape index (κ3) is 4.18. The molecule has 1 aromatic carbocycles. The summed E-state index contributed by atoms with van der Waals surface area (Å²) in [5, 5.41) is 7.27. The van der Waals surface area contributed by atoms with Crippen LogP contribution in [0.2, 0.25) is 0 Å². The van der Waals surface area contributed by atoms with Gasteiger partial charge in [-0.3, -0.25) is 23.6 Å². The van der Waals surface area contributed by atoms with Crippen molar-refractivity contribution in [3.8, 4) is 0 Å². The highest BCUT2D eigenvalue weighted by molar-refractivity contribution is 5.85. The van der Waals surface area contributed by atoms with Gasteiger partial charge in [0.05, 0.1) is 18.9 Å². The third-order valence-electron chi connectivity index (χ3n) is 4.79. The van der Waals surface area contributed by atoms with Gasteiger partial charge in [-0.15, -0.1) is 0 Å². The molecule has 1 unspecified atom stereocenters. The fourth-order valence-electron chi connectivity index (χ4n) is 3.03. The number of nitrogens with zero attached hydrogens (tertiary/aromatic N) is 4. The lowest BCUT2D eigenvalue weighted by Gasteiger charge is -2.18. The van der Waals surface area contributed by atoms with Crippen molar-refractivity contribution in [2.24, 2.45) is 7.05 Å². The van der Waals surface area contributed by atoms with E-state index < -0.39 is 12.1 Å². The van der Waals surface area contributed by atoms with Crippen molar-refractivity contribution in [1.29, 1.82) is 0 Å². The maximum absolute atomic E-state index is 12.5. The van der Waals surface area contributed by atoms with Crippen LogP contribution in [0.1, 0.15) is 30.9 Å². The summed E-state index contributed by atoms with van der Waals surface area (Å²) in [6.45, 7) is 0.0985. The summed E-state index contributed by atoms with van der Waals surface area (Å²) in [6.07, 6.45) is 3.64. The summed E-state index contributed by atoms with van der Waals surface area (Å²) in [5.41, 5.74) is 0.811. The molecule has 9 heteroatoms. The third-order valence-corrected chi connectivity index (χ3v) is 4.79. The molecule has 1 saturated carbocycles. The first kappa shape index (κ1) is 18.9. The van der Waals surface area contributed by atoms with Gasteiger partial charge in [0.2, 0.25) is 6.10 Å². The monoisotopic (exact) mass is 395 g/mol. The van der Waals surface area contributed by atoms with E-state index in [4.69, 9.17) is 4.74 Å². The number of esters is 1. The molecule has 9 nitrogen and oxygen atoms in total. The normalized spacial score (nSPS) is 14.5. The van der Waals surface area contributed by atoms with Crippen molar-refractivity contribution < 1.29 is 14.3 Å². The molecule has 0 bridgehead atoms. The van der Waals surface area contributed by atoms with Crippen LogP contribution in [0.5, 0.6) is 0 Å². The molecular weight excluding hydrogens is 374 g/mol. The van der Waals surface area contributed by atoms with E-state index in [0.29, 0.717) is 16.6 Å². The van der Waals surface area contributed by atoms with Gasteiger partial charge in [0.1, 0.15) is 5.39 Å². The maximum atomic E-state index is 12.5. The van der Waals surface area contributed by atoms with Crippen LogP contribution in [-0.2, 0) is 27.9 Å². The number of hydrogen-bond donors (Lipinski definition) is 1. The molecule has 1 aliphatic carbocycles. The van der Waals surface area contributed by atoms with Crippen molar-refractivity contribution in [1.82, 2.24) is 24.6 Å². The molecule has 1 aliphatic rings. The van der Waals surface area contributed by atoms with Crippen LogP contribution < -0.4 is 10.9 Å². The molecule has 0 aliphatic heterocycles. The predicted octanol–water partition coefficient (Wildman–Crippen LogP) is 1.08. The van der Waals surface area contributed by atoms with Crippen LogP contribution >= 0.6 is 0 Å². The van der Waals surface area contributed by atoms with Gasteiger partial charge in [-0.25, -0.2) is 4.98 Å². The SMILES string of the molecule is Cn1ncc2c(=O)n(CCC(=O)OC(C(=O)NC3CC3)c3ccccc3)cnc21. The predicted molar refractivity (Wildman–Crippen MR) is 104 cm³/mol. The second-order valence-electron chi connectivity index (χ2n) is 7.06. The molecule has 150 valence electrons. The largest absolute Gasteiger partial charge is 0.447 e. The molecule has 4 rings (SSSR count). The number of benzene rings is 1. The molecule has 2 heterocycles. The lowest BCUT2D eigenvalue weighted by molar-refractivity contribution is -0.156. The molecule has 1 atom stereocenters. The minimum atomic E-state index is -1.01. The number of aryl methyl sites for hydroxylation is 2. The Labute approximate surface area is 166 Å². The number of rotatable bonds is 7. The van der Waals surface area contributed by atoms with Crippen LogP contribution in [0.4, 0.5) is 0 Å². The Hall–Kier alpha value is -3.49. The smallest absolute Gasteiger partial charge is 0.308 e. The maximum Gasteiger partial charge on any atom is 0.308 e. The molecule has 0 radical (unpaired) electrons. The van der Waals surface area contributed by atoms with E-state index in [2.05, 4.69) is 15.4 Å². The van der Waals surface area contributed by atoms with Crippen molar-refractivity contribution in [2.45, 2.75) is 38.0 Å². The molecule has 1 N–H and O–H groups in total. The van der Waals surface area contributed by atoms with Gasteiger partial charge >= 0.3 is 5.97 Å². The van der Waals surface area contributed by atoms with Gasteiger partial charge < -0.3 is 10.1 Å². The Morgan fingerprint density at radius 1 is 1.28 bits per heavy atom. The van der Waals surface area contributed by atoms with Gasteiger partial charge in [-0.1, -0.05) is 30.3 Å². The Kier molecular flexibility index (Phi) is 5.11. The number of ether oxygens (including phenoxy) is 1. The minimum absolute atomic E-state index is 0.0621. The van der Waals surface area contributed by atoms with E-state index in [1.54, 1.807) is 31.3 Å². The first-order chi connectivity index (χ1) is 14.0. The summed E-state index contributed by atoms with van der Waals surface area (Å²) in [4.78, 5) is 41.7. The van der Waals surface area contributed by atoms with Crippen LogP contribution in [0, 0.1) is 0 Å². The first-order valence-corrected chi connectivity index (χ1v) is 9.45. The van der Waals surface area contributed by atoms with E-state index in [1.807, 2.05) is 6.07 Å². The molecule has 3 aromatic rings. The van der Waals surface area contributed by atoms with E-state index in [1.165, 1.54) is 21.8 Å². The van der Waals surface area contributed by atoms with Gasteiger partial charge in [-0.05, 0) is 12.8 Å². The van der Waals surface area contributed by atoms with E-state index >= 15 is 0 Å². The quantitative estimate of drug-likeness (QED) is 0.600. The minimum Gasteiger partial charge on any atom is -0.447 e. The molecular formula is C20H21N5O4. The highest BCUT2D eigenvalue weighted by Crippen LogP contribution is 2.23. The summed E-state index contributed by atoms with van der Waals surface area (Å²) in [5.74, 6) is -0.898. The Bertz CT molecular complexity index is 1100. The first-order valence-electron chi connectivity index (χ1n) is 9.45. The summed E-state index contributed by atoms with van der Waals surface area (Å²) in [6, 6.07) is 9.05. The fraction of sp³-hybridized carbons (Fsp3) is 0.350. The molecule has 2 aromatic heterocycles. The van der Waals surface area contributed by atoms with Crippen molar-refractivity contribution in [3.63, 3.8) is 0 Å². The highest BCUT2D eigenvalue weighted by Gasteiger charge is 2.30. The summed E-state index contributed by atoms with van der Waals surface area (Å²) < 4.78 is 8.33. The standard InChI is InChI=1S/C20H21N5O4/c1-24-18-15(11-22-24)20(28)25(12-21-18)10-9-16(26)29-17(13-5-3-2-4-6-13)19(27)23-14-7-8-14/h2-6,11-12,14,17H,7-10H2,1H3,(H,23,27). The number of hydrogen-bond acceptors (Lipinski definition) is 6. The van der Waals surface area contributed by atoms with Gasteiger partial charge in [0.25, 0.3) is 11.5 Å². The van der Waals surface area contributed by atoms with E-state index in [0.717, 1.165) is 12.8 Å². The number of amides is 1. The average molecular weight is 395 g/mol. The second-order valence-corrected chi connectivity index (χ2v) is 7.06. The summed E-state index contributed by atoms with van der Waals surface area (Å²) >= 11 is 0. The molecule has 1 fully saturated rings. The zero-order valence-corrected chi connectivity index (χ0v) is 15.9. The van der Waals surface area contributed by atoms with Crippen LogP contribution in [0.3, 0.4) is 0 Å². The second kappa shape index (κ2) is 7.86. The average Bonchev–Trinajstić information content (AvgIpc) is 3.46. The van der Waals surface area contributed by atoms with Crippen molar-refractivity contribution in [2.75, 3.05) is 0 Å². The van der Waals surface area contributed by atoms with E-state index in [-0.39, 0.29) is 30.5 Å². The van der Waals surface area contributed by atoms with Crippen LogP contribution in [0.25, 0.3) is 11.0 Å². The van der Waals surface area contributed by atoms with Gasteiger partial charge in [0.15, 0.2) is 5.65 Å². The highest BCUT2D eigenvalue weighted by atomic mass is 16.5. The lowest BCUT2D eigenvalue weighted by atomic mass is 10.1. The van der Waals surface area contributed by atoms with E-state index in [9.17, 15) is 14.4 Å². The number of fused-ring (bicyclic) bond motifs is 1. The number of carbonyl (C=O) groups is 2. The Morgan fingerprint density at radius 3 is 2.76 bits per heavy atom. The van der Waals surface area contributed by atoms with Crippen molar-refractivity contribution >= 4 is 22.9 Å². The number of carbonyl (C=O) groups excluding carboxylic acids is 2.